The molecule has 0 spiro atoms. The summed E-state index contributed by atoms with van der Waals surface area (Å²) in [7, 11) is -11.8. The van der Waals surface area contributed by atoms with Crippen LogP contribution in [0.25, 0.3) is 0 Å². The highest BCUT2D eigenvalue weighted by Gasteiger charge is 2.37. The summed E-state index contributed by atoms with van der Waals surface area (Å²) in [5, 5.41) is 0. The van der Waals surface area contributed by atoms with Crippen LogP contribution in [-0.2, 0) is 35.7 Å². The number of carbonyl (C=O) groups excluding carboxylic acids is 1. The number of alkyl halides is 1. The predicted molar refractivity (Wildman–Crippen MR) is 124 cm³/mol. The van der Waals surface area contributed by atoms with Gasteiger partial charge >= 0.3 is 13.9 Å². The van der Waals surface area contributed by atoms with Crippen molar-refractivity contribution in [2.45, 2.75) is 32.9 Å². The zero-order valence-corrected chi connectivity index (χ0v) is 22.2. The lowest BCUT2D eigenvalue weighted by Gasteiger charge is -2.33. The van der Waals surface area contributed by atoms with Gasteiger partial charge in [-0.05, 0) is 19.4 Å². The molecular formula is C17H29ClN3O9PS2. The number of hydrogen-bond donors (Lipinski definition) is 1. The highest BCUT2D eigenvalue weighted by atomic mass is 35.5. The molecule has 2 atom stereocenters. The molecule has 0 aliphatic heterocycles. The molecule has 0 heterocycles. The van der Waals surface area contributed by atoms with E-state index in [-0.39, 0.29) is 28.2 Å². The minimum atomic E-state index is -4.49. The van der Waals surface area contributed by atoms with Crippen molar-refractivity contribution in [3.05, 3.63) is 29.8 Å². The molecule has 2 unspecified atom stereocenters. The van der Waals surface area contributed by atoms with Crippen LogP contribution in [0.1, 0.15) is 25.8 Å². The van der Waals surface area contributed by atoms with Crippen LogP contribution < -0.4 is 4.52 Å². The third-order valence-electron chi connectivity index (χ3n) is 4.15. The van der Waals surface area contributed by atoms with E-state index >= 15 is 0 Å². The number of hydrazine groups is 1. The highest BCUT2D eigenvalue weighted by molar-refractivity contribution is 7.91. The van der Waals surface area contributed by atoms with Crippen molar-refractivity contribution in [1.29, 1.82) is 0 Å². The second kappa shape index (κ2) is 11.8. The molecule has 12 nitrogen and oxygen atoms in total. The number of phosphoric acid groups is 1. The van der Waals surface area contributed by atoms with Crippen molar-refractivity contribution in [2.75, 3.05) is 32.0 Å². The number of rotatable bonds is 12. The lowest BCUT2D eigenvalue weighted by Crippen LogP contribution is -2.55. The smallest absolute Gasteiger partial charge is 0.404 e. The lowest BCUT2D eigenvalue weighted by molar-refractivity contribution is 0.132. The number of sulfonamides is 2. The van der Waals surface area contributed by atoms with Gasteiger partial charge in [0.15, 0.2) is 0 Å². The van der Waals surface area contributed by atoms with Crippen molar-refractivity contribution in [1.82, 2.24) is 13.7 Å². The van der Waals surface area contributed by atoms with Crippen LogP contribution in [0.15, 0.2) is 24.3 Å². The molecule has 0 saturated heterocycles. The van der Waals surface area contributed by atoms with Crippen LogP contribution in [0.5, 0.6) is 5.75 Å². The number of carbonyl (C=O) groups is 1. The average Bonchev–Trinajstić information content (AvgIpc) is 2.66. The summed E-state index contributed by atoms with van der Waals surface area (Å²) in [4.78, 5) is 23.9. The van der Waals surface area contributed by atoms with Gasteiger partial charge in [0.1, 0.15) is 5.75 Å². The summed E-state index contributed by atoms with van der Waals surface area (Å²) in [6.45, 7) is 2.60. The van der Waals surface area contributed by atoms with Crippen LogP contribution in [0.4, 0.5) is 4.79 Å². The van der Waals surface area contributed by atoms with E-state index in [0.717, 1.165) is 11.2 Å². The number of amides is 2. The van der Waals surface area contributed by atoms with E-state index < -0.39 is 46.5 Å². The third kappa shape index (κ3) is 9.04. The van der Waals surface area contributed by atoms with Gasteiger partial charge in [-0.25, -0.2) is 26.2 Å². The lowest BCUT2D eigenvalue weighted by atomic mass is 10.2. The second-order valence-corrected chi connectivity index (χ2v) is 12.5. The molecule has 33 heavy (non-hydrogen) atoms. The molecule has 16 heteroatoms. The first-order valence-corrected chi connectivity index (χ1v) is 15.3. The third-order valence-corrected chi connectivity index (χ3v) is 7.57. The quantitative estimate of drug-likeness (QED) is 0.235. The first-order chi connectivity index (χ1) is 15.0. The van der Waals surface area contributed by atoms with Gasteiger partial charge in [-0.15, -0.1) is 16.0 Å². The molecular weight excluding hydrogens is 521 g/mol. The van der Waals surface area contributed by atoms with Gasteiger partial charge in [0.25, 0.3) is 10.0 Å². The number of halogens is 1. The number of phosphoric ester groups is 1. The topological polar surface area (TPSA) is 151 Å². The van der Waals surface area contributed by atoms with Crippen LogP contribution in [0.2, 0.25) is 0 Å². The summed E-state index contributed by atoms with van der Waals surface area (Å²) in [5.41, 5.74) is 0.243. The molecule has 1 rings (SSSR count). The summed E-state index contributed by atoms with van der Waals surface area (Å²) in [6.07, 6.45) is 1.33. The molecule has 1 aromatic carbocycles. The van der Waals surface area contributed by atoms with Gasteiger partial charge in [-0.2, -0.15) is 0 Å². The van der Waals surface area contributed by atoms with E-state index in [1.54, 1.807) is 19.9 Å². The normalized spacial score (nSPS) is 15.0. The molecule has 1 N–H and O–H groups in total. The van der Waals surface area contributed by atoms with E-state index in [0.29, 0.717) is 17.1 Å². The van der Waals surface area contributed by atoms with Crippen molar-refractivity contribution >= 4 is 45.5 Å². The summed E-state index contributed by atoms with van der Waals surface area (Å²) < 4.78 is 71.7. The first-order valence-electron chi connectivity index (χ1n) is 9.61. The molecule has 190 valence electrons. The van der Waals surface area contributed by atoms with E-state index in [4.69, 9.17) is 20.6 Å². The van der Waals surface area contributed by atoms with Crippen molar-refractivity contribution < 1.29 is 40.1 Å². The van der Waals surface area contributed by atoms with E-state index in [2.05, 4.69) is 0 Å². The van der Waals surface area contributed by atoms with Crippen LogP contribution in [0.3, 0.4) is 0 Å². The molecule has 0 aromatic heterocycles. The van der Waals surface area contributed by atoms with Gasteiger partial charge < -0.3 is 9.42 Å². The van der Waals surface area contributed by atoms with Gasteiger partial charge in [0.2, 0.25) is 10.0 Å². The standard InChI is InChI=1S/C17H29ClN3O9PS2/c1-6-14(2)29-31(23,24)30-16-10-8-7-9-15(16)13-19(3)17(22)21(33(5,27)28)20(12-11-18)32(4,25)26/h7-10,14H,6,11-13H2,1-5H3,(H,23,24). The predicted octanol–water partition coefficient (Wildman–Crippen LogP) is 2.21. The van der Waals surface area contributed by atoms with Crippen LogP contribution >= 0.6 is 19.4 Å². The second-order valence-electron chi connectivity index (χ2n) is 7.13. The summed E-state index contributed by atoms with van der Waals surface area (Å²) in [6, 6.07) is 4.77. The highest BCUT2D eigenvalue weighted by Crippen LogP contribution is 2.46. The summed E-state index contributed by atoms with van der Waals surface area (Å²) >= 11 is 5.61. The Morgan fingerprint density at radius 1 is 1.18 bits per heavy atom. The van der Waals surface area contributed by atoms with E-state index in [9.17, 15) is 31.1 Å². The number of urea groups is 1. The Hall–Kier alpha value is -1.41. The SMILES string of the molecule is CCC(C)OP(=O)(O)Oc1ccccc1CN(C)C(=O)N(N(CCCl)S(C)(=O)=O)S(C)(=O)=O. The molecule has 0 aliphatic carbocycles. The number of benzene rings is 1. The fraction of sp³-hybridized carbons (Fsp3) is 0.588. The minimum absolute atomic E-state index is 0.0714. The number of hydrogen-bond acceptors (Lipinski definition) is 8. The number of nitrogens with zero attached hydrogens (tertiary/aromatic N) is 3. The maximum atomic E-state index is 13.0. The Morgan fingerprint density at radius 2 is 1.76 bits per heavy atom. The van der Waals surface area contributed by atoms with Gasteiger partial charge in [0, 0.05) is 25.0 Å². The molecule has 0 radical (unpaired) electrons. The van der Waals surface area contributed by atoms with Gasteiger partial charge in [-0.3, -0.25) is 9.42 Å². The number of para-hydroxylation sites is 1. The molecule has 0 bridgehead atoms. The first kappa shape index (κ1) is 29.6. The fourth-order valence-electron chi connectivity index (χ4n) is 2.51. The maximum Gasteiger partial charge on any atom is 0.527 e. The fourth-order valence-corrected chi connectivity index (χ4v) is 6.17. The van der Waals surface area contributed by atoms with Crippen LogP contribution in [0, 0.1) is 0 Å². The molecule has 2 amide bonds. The largest absolute Gasteiger partial charge is 0.527 e. The molecule has 0 saturated carbocycles. The zero-order chi connectivity index (χ0) is 25.6. The van der Waals surface area contributed by atoms with E-state index in [1.807, 2.05) is 0 Å². The van der Waals surface area contributed by atoms with Crippen molar-refractivity contribution in [3.63, 3.8) is 0 Å². The molecule has 1 aromatic rings. The van der Waals surface area contributed by atoms with Gasteiger partial charge in [-0.1, -0.05) is 29.5 Å². The minimum Gasteiger partial charge on any atom is -0.404 e. The van der Waals surface area contributed by atoms with Crippen molar-refractivity contribution in [2.24, 2.45) is 0 Å². The Labute approximate surface area is 199 Å². The molecule has 0 fully saturated rings. The van der Waals surface area contributed by atoms with Crippen LogP contribution in [-0.4, -0.2) is 79.6 Å². The van der Waals surface area contributed by atoms with Crippen molar-refractivity contribution in [3.8, 4) is 5.75 Å². The monoisotopic (exact) mass is 549 g/mol. The summed E-state index contributed by atoms with van der Waals surface area (Å²) in [5.74, 6) is -0.340. The maximum absolute atomic E-state index is 13.0. The average molecular weight is 550 g/mol. The Kier molecular flexibility index (Phi) is 10.6. The Balaban J connectivity index is 3.25. The van der Waals surface area contributed by atoms with E-state index in [1.165, 1.54) is 25.2 Å². The van der Waals surface area contributed by atoms with Gasteiger partial charge in [0.05, 0.1) is 25.2 Å². The zero-order valence-electron chi connectivity index (χ0n) is 18.9. The Morgan fingerprint density at radius 3 is 2.24 bits per heavy atom. The Bertz CT molecular complexity index is 1080. The molecule has 0 aliphatic rings.